The number of halogens is 1. The highest BCUT2D eigenvalue weighted by Gasteiger charge is 2.33. The van der Waals surface area contributed by atoms with Gasteiger partial charge < -0.3 is 5.32 Å². The van der Waals surface area contributed by atoms with Crippen molar-refractivity contribution in [3.63, 3.8) is 0 Å². The standard InChI is InChI=1S/C15H21ClN2/c16-14-6-4-13(5-7-14)15(12-2-1-3-12)18-10-8-17-9-11-18/h4-7,12,15,17H,1-3,8-11H2/t15-/m0/s1. The van der Waals surface area contributed by atoms with Crippen LogP contribution in [0, 0.1) is 5.92 Å². The molecule has 1 saturated carbocycles. The first-order valence-electron chi connectivity index (χ1n) is 7.05. The first-order valence-corrected chi connectivity index (χ1v) is 7.42. The zero-order valence-corrected chi connectivity index (χ0v) is 11.5. The van der Waals surface area contributed by atoms with E-state index in [1.54, 1.807) is 0 Å². The Kier molecular flexibility index (Phi) is 3.88. The van der Waals surface area contributed by atoms with E-state index in [0.29, 0.717) is 6.04 Å². The summed E-state index contributed by atoms with van der Waals surface area (Å²) in [5.74, 6) is 0.851. The third-order valence-electron chi connectivity index (χ3n) is 4.35. The van der Waals surface area contributed by atoms with Gasteiger partial charge in [0, 0.05) is 37.2 Å². The summed E-state index contributed by atoms with van der Waals surface area (Å²) < 4.78 is 0. The van der Waals surface area contributed by atoms with E-state index in [1.165, 1.54) is 37.9 Å². The van der Waals surface area contributed by atoms with Crippen LogP contribution < -0.4 is 5.32 Å². The maximum Gasteiger partial charge on any atom is 0.0406 e. The molecule has 18 heavy (non-hydrogen) atoms. The van der Waals surface area contributed by atoms with Crippen molar-refractivity contribution in [3.05, 3.63) is 34.9 Å². The van der Waals surface area contributed by atoms with E-state index in [9.17, 15) is 0 Å². The molecule has 98 valence electrons. The fourth-order valence-electron chi connectivity index (χ4n) is 3.16. The lowest BCUT2D eigenvalue weighted by atomic mass is 9.76. The van der Waals surface area contributed by atoms with Gasteiger partial charge in [0.15, 0.2) is 0 Å². The highest BCUT2D eigenvalue weighted by molar-refractivity contribution is 6.30. The fourth-order valence-corrected chi connectivity index (χ4v) is 3.28. The van der Waals surface area contributed by atoms with Gasteiger partial charge >= 0.3 is 0 Å². The Balaban J connectivity index is 1.81. The first kappa shape index (κ1) is 12.5. The van der Waals surface area contributed by atoms with Crippen molar-refractivity contribution in [2.24, 2.45) is 5.92 Å². The SMILES string of the molecule is Clc1ccc([C@H](C2CCC2)N2CCNCC2)cc1. The molecular weight excluding hydrogens is 244 g/mol. The van der Waals surface area contributed by atoms with Crippen LogP contribution in [-0.2, 0) is 0 Å². The maximum absolute atomic E-state index is 6.01. The van der Waals surface area contributed by atoms with Crippen molar-refractivity contribution < 1.29 is 0 Å². The monoisotopic (exact) mass is 264 g/mol. The number of nitrogens with one attached hydrogen (secondary N) is 1. The molecular formula is C15H21ClN2. The van der Waals surface area contributed by atoms with Crippen molar-refractivity contribution >= 4 is 11.6 Å². The van der Waals surface area contributed by atoms with Crippen LogP contribution in [-0.4, -0.2) is 31.1 Å². The Morgan fingerprint density at radius 3 is 2.33 bits per heavy atom. The van der Waals surface area contributed by atoms with Crippen molar-refractivity contribution in [1.29, 1.82) is 0 Å². The normalized spacial score (nSPS) is 23.6. The van der Waals surface area contributed by atoms with Crippen LogP contribution in [0.4, 0.5) is 0 Å². The minimum absolute atomic E-state index is 0.609. The number of hydrogen-bond donors (Lipinski definition) is 1. The summed E-state index contributed by atoms with van der Waals surface area (Å²) >= 11 is 6.01. The molecule has 0 bridgehead atoms. The molecule has 1 atom stereocenters. The lowest BCUT2D eigenvalue weighted by Crippen LogP contribution is -2.47. The predicted molar refractivity (Wildman–Crippen MR) is 76.0 cm³/mol. The summed E-state index contributed by atoms with van der Waals surface area (Å²) in [5, 5.41) is 4.28. The summed E-state index contributed by atoms with van der Waals surface area (Å²) in [6.45, 7) is 4.58. The number of hydrogen-bond acceptors (Lipinski definition) is 2. The van der Waals surface area contributed by atoms with E-state index < -0.39 is 0 Å². The van der Waals surface area contributed by atoms with Crippen molar-refractivity contribution in [2.75, 3.05) is 26.2 Å². The second-order valence-corrected chi connectivity index (χ2v) is 5.91. The predicted octanol–water partition coefficient (Wildman–Crippen LogP) is 3.09. The van der Waals surface area contributed by atoms with Crippen molar-refractivity contribution in [1.82, 2.24) is 10.2 Å². The molecule has 3 rings (SSSR count). The summed E-state index contributed by atoms with van der Waals surface area (Å²) in [6.07, 6.45) is 4.18. The van der Waals surface area contributed by atoms with Gasteiger partial charge in [0.2, 0.25) is 0 Å². The zero-order chi connectivity index (χ0) is 12.4. The molecule has 0 unspecified atom stereocenters. The van der Waals surface area contributed by atoms with Crippen molar-refractivity contribution in [2.45, 2.75) is 25.3 Å². The van der Waals surface area contributed by atoms with Crippen LogP contribution >= 0.6 is 11.6 Å². The Bertz CT molecular complexity index is 380. The highest BCUT2D eigenvalue weighted by Crippen LogP contribution is 2.41. The molecule has 1 heterocycles. The average Bonchev–Trinajstić information content (AvgIpc) is 2.36. The topological polar surface area (TPSA) is 15.3 Å². The number of benzene rings is 1. The molecule has 1 aliphatic heterocycles. The van der Waals surface area contributed by atoms with Crippen LogP contribution in [0.25, 0.3) is 0 Å². The first-order chi connectivity index (χ1) is 8.84. The molecule has 1 aromatic carbocycles. The number of nitrogens with zero attached hydrogens (tertiary/aromatic N) is 1. The highest BCUT2D eigenvalue weighted by atomic mass is 35.5. The van der Waals surface area contributed by atoms with Gasteiger partial charge in [0.1, 0.15) is 0 Å². The van der Waals surface area contributed by atoms with Gasteiger partial charge in [0.05, 0.1) is 0 Å². The molecule has 0 amide bonds. The molecule has 1 aliphatic carbocycles. The lowest BCUT2D eigenvalue weighted by molar-refractivity contribution is 0.0837. The van der Waals surface area contributed by atoms with Gasteiger partial charge in [-0.05, 0) is 36.5 Å². The number of piperazine rings is 1. The number of rotatable bonds is 3. The Morgan fingerprint density at radius 1 is 1.11 bits per heavy atom. The van der Waals surface area contributed by atoms with Crippen LogP contribution in [0.1, 0.15) is 30.9 Å². The molecule has 1 N–H and O–H groups in total. The van der Waals surface area contributed by atoms with Gasteiger partial charge in [0.25, 0.3) is 0 Å². The van der Waals surface area contributed by atoms with E-state index in [4.69, 9.17) is 11.6 Å². The molecule has 2 aliphatic rings. The van der Waals surface area contributed by atoms with Crippen LogP contribution in [0.15, 0.2) is 24.3 Å². The molecule has 0 spiro atoms. The smallest absolute Gasteiger partial charge is 0.0406 e. The van der Waals surface area contributed by atoms with E-state index in [2.05, 4.69) is 22.3 Å². The summed E-state index contributed by atoms with van der Waals surface area (Å²) in [6, 6.07) is 9.11. The van der Waals surface area contributed by atoms with E-state index >= 15 is 0 Å². The van der Waals surface area contributed by atoms with Crippen molar-refractivity contribution in [3.8, 4) is 0 Å². The summed E-state index contributed by atoms with van der Waals surface area (Å²) in [4.78, 5) is 2.66. The summed E-state index contributed by atoms with van der Waals surface area (Å²) in [5.41, 5.74) is 1.45. The Hall–Kier alpha value is -0.570. The average molecular weight is 265 g/mol. The molecule has 0 radical (unpaired) electrons. The van der Waals surface area contributed by atoms with Gasteiger partial charge in [-0.2, -0.15) is 0 Å². The third-order valence-corrected chi connectivity index (χ3v) is 4.60. The van der Waals surface area contributed by atoms with Gasteiger partial charge in [-0.15, -0.1) is 0 Å². The molecule has 2 nitrogen and oxygen atoms in total. The second kappa shape index (κ2) is 5.60. The zero-order valence-electron chi connectivity index (χ0n) is 10.7. The molecule has 0 aromatic heterocycles. The van der Waals surface area contributed by atoms with Crippen LogP contribution in [0.2, 0.25) is 5.02 Å². The quantitative estimate of drug-likeness (QED) is 0.903. The van der Waals surface area contributed by atoms with Crippen LogP contribution in [0.5, 0.6) is 0 Å². The molecule has 1 aromatic rings. The van der Waals surface area contributed by atoms with Gasteiger partial charge in [-0.1, -0.05) is 30.2 Å². The van der Waals surface area contributed by atoms with Crippen LogP contribution in [0.3, 0.4) is 0 Å². The minimum atomic E-state index is 0.609. The van der Waals surface area contributed by atoms with E-state index in [0.717, 1.165) is 24.0 Å². The Morgan fingerprint density at radius 2 is 1.78 bits per heavy atom. The van der Waals surface area contributed by atoms with Gasteiger partial charge in [-0.3, -0.25) is 4.90 Å². The Labute approximate surface area is 114 Å². The second-order valence-electron chi connectivity index (χ2n) is 5.47. The van der Waals surface area contributed by atoms with E-state index in [1.807, 2.05) is 12.1 Å². The van der Waals surface area contributed by atoms with E-state index in [-0.39, 0.29) is 0 Å². The summed E-state index contributed by atoms with van der Waals surface area (Å²) in [7, 11) is 0. The molecule has 2 fully saturated rings. The lowest BCUT2D eigenvalue weighted by Gasteiger charge is -2.43. The minimum Gasteiger partial charge on any atom is -0.314 e. The van der Waals surface area contributed by atoms with Gasteiger partial charge in [-0.25, -0.2) is 0 Å². The third kappa shape index (κ3) is 2.56. The largest absolute Gasteiger partial charge is 0.314 e. The fraction of sp³-hybridized carbons (Fsp3) is 0.600. The maximum atomic E-state index is 6.01. The molecule has 3 heteroatoms. The molecule has 1 saturated heterocycles.